The predicted molar refractivity (Wildman–Crippen MR) is 81.4 cm³/mol. The lowest BCUT2D eigenvalue weighted by Crippen LogP contribution is -2.42. The quantitative estimate of drug-likeness (QED) is 0.813. The second-order valence-electron chi connectivity index (χ2n) is 5.33. The van der Waals surface area contributed by atoms with Crippen LogP contribution in [-0.4, -0.2) is 35.2 Å². The van der Waals surface area contributed by atoms with Crippen LogP contribution in [0.15, 0.2) is 24.3 Å². The van der Waals surface area contributed by atoms with Crippen LogP contribution in [-0.2, 0) is 4.79 Å². The molecule has 20 heavy (non-hydrogen) atoms. The van der Waals surface area contributed by atoms with E-state index < -0.39 is 5.60 Å². The van der Waals surface area contributed by atoms with Gasteiger partial charge < -0.3 is 10.4 Å². The first kappa shape index (κ1) is 17.0. The summed E-state index contributed by atoms with van der Waals surface area (Å²) >= 11 is 1.52. The van der Waals surface area contributed by atoms with Crippen LogP contribution in [0.25, 0.3) is 0 Å². The van der Waals surface area contributed by atoms with Gasteiger partial charge in [-0.3, -0.25) is 4.79 Å². The number of benzene rings is 1. The SMILES string of the molecule is CSCC(C)(O)CNC(=O)CC(C)c1ccccc1F. The number of hydrogen-bond acceptors (Lipinski definition) is 3. The molecule has 0 saturated carbocycles. The molecule has 1 aromatic rings. The van der Waals surface area contributed by atoms with Crippen molar-refractivity contribution in [3.8, 4) is 0 Å². The van der Waals surface area contributed by atoms with Crippen molar-refractivity contribution >= 4 is 17.7 Å². The van der Waals surface area contributed by atoms with Crippen LogP contribution >= 0.6 is 11.8 Å². The van der Waals surface area contributed by atoms with E-state index in [2.05, 4.69) is 5.32 Å². The van der Waals surface area contributed by atoms with E-state index in [0.717, 1.165) is 0 Å². The zero-order chi connectivity index (χ0) is 15.2. The summed E-state index contributed by atoms with van der Waals surface area (Å²) in [7, 11) is 0. The molecule has 0 bridgehead atoms. The number of rotatable bonds is 7. The Kier molecular flexibility index (Phi) is 6.49. The molecule has 0 aliphatic rings. The first-order valence-electron chi connectivity index (χ1n) is 6.58. The Bertz CT molecular complexity index is 451. The summed E-state index contributed by atoms with van der Waals surface area (Å²) in [4.78, 5) is 11.8. The minimum Gasteiger partial charge on any atom is -0.387 e. The molecule has 2 N–H and O–H groups in total. The number of amides is 1. The van der Waals surface area contributed by atoms with E-state index >= 15 is 0 Å². The lowest BCUT2D eigenvalue weighted by atomic mass is 9.97. The minimum atomic E-state index is -0.920. The average Bonchev–Trinajstić information content (AvgIpc) is 2.37. The fraction of sp³-hybridized carbons (Fsp3) is 0.533. The van der Waals surface area contributed by atoms with Crippen molar-refractivity contribution in [1.82, 2.24) is 5.32 Å². The Morgan fingerprint density at radius 1 is 1.50 bits per heavy atom. The fourth-order valence-corrected chi connectivity index (χ4v) is 2.71. The normalized spacial score (nSPS) is 15.4. The Labute approximate surface area is 124 Å². The van der Waals surface area contributed by atoms with Crippen LogP contribution in [0, 0.1) is 5.82 Å². The molecule has 3 nitrogen and oxygen atoms in total. The smallest absolute Gasteiger partial charge is 0.220 e. The summed E-state index contributed by atoms with van der Waals surface area (Å²) in [5, 5.41) is 12.7. The van der Waals surface area contributed by atoms with Crippen molar-refractivity contribution in [1.29, 1.82) is 0 Å². The highest BCUT2D eigenvalue weighted by Gasteiger charge is 2.21. The van der Waals surface area contributed by atoms with Crippen LogP contribution in [0.5, 0.6) is 0 Å². The molecule has 1 aromatic carbocycles. The van der Waals surface area contributed by atoms with Gasteiger partial charge in [0, 0.05) is 18.7 Å². The van der Waals surface area contributed by atoms with Gasteiger partial charge >= 0.3 is 0 Å². The van der Waals surface area contributed by atoms with Gasteiger partial charge in [0.25, 0.3) is 0 Å². The number of carbonyl (C=O) groups excluding carboxylic acids is 1. The monoisotopic (exact) mass is 299 g/mol. The number of halogens is 1. The summed E-state index contributed by atoms with van der Waals surface area (Å²) in [6.45, 7) is 3.71. The summed E-state index contributed by atoms with van der Waals surface area (Å²) in [6.07, 6.45) is 2.10. The van der Waals surface area contributed by atoms with Crippen molar-refractivity contribution in [2.75, 3.05) is 18.6 Å². The van der Waals surface area contributed by atoms with Gasteiger partial charge in [-0.15, -0.1) is 0 Å². The molecule has 0 heterocycles. The molecule has 2 unspecified atom stereocenters. The van der Waals surface area contributed by atoms with Crippen LogP contribution in [0.1, 0.15) is 31.7 Å². The molecule has 112 valence electrons. The summed E-state index contributed by atoms with van der Waals surface area (Å²) < 4.78 is 13.6. The van der Waals surface area contributed by atoms with Crippen LogP contribution in [0.2, 0.25) is 0 Å². The van der Waals surface area contributed by atoms with Gasteiger partial charge in [0.15, 0.2) is 0 Å². The second kappa shape index (κ2) is 7.64. The first-order valence-corrected chi connectivity index (χ1v) is 7.97. The van der Waals surface area contributed by atoms with E-state index in [-0.39, 0.29) is 30.6 Å². The highest BCUT2D eigenvalue weighted by molar-refractivity contribution is 7.98. The third-order valence-corrected chi connectivity index (χ3v) is 3.96. The van der Waals surface area contributed by atoms with E-state index in [1.54, 1.807) is 25.1 Å². The first-order chi connectivity index (χ1) is 9.35. The van der Waals surface area contributed by atoms with Crippen molar-refractivity contribution in [2.45, 2.75) is 31.8 Å². The van der Waals surface area contributed by atoms with E-state index in [0.29, 0.717) is 11.3 Å². The topological polar surface area (TPSA) is 49.3 Å². The Morgan fingerprint density at radius 3 is 2.75 bits per heavy atom. The van der Waals surface area contributed by atoms with Crippen LogP contribution in [0.3, 0.4) is 0 Å². The van der Waals surface area contributed by atoms with E-state index in [9.17, 15) is 14.3 Å². The molecular weight excluding hydrogens is 277 g/mol. The standard InChI is InChI=1S/C15H22FNO2S/c1-11(12-6-4-5-7-13(12)16)8-14(18)17-9-15(2,19)10-20-3/h4-7,11,19H,8-10H2,1-3H3,(H,17,18). The third kappa shape index (κ3) is 5.51. The highest BCUT2D eigenvalue weighted by atomic mass is 32.2. The van der Waals surface area contributed by atoms with Crippen LogP contribution in [0.4, 0.5) is 4.39 Å². The van der Waals surface area contributed by atoms with Gasteiger partial charge in [-0.25, -0.2) is 4.39 Å². The molecule has 0 fully saturated rings. The lowest BCUT2D eigenvalue weighted by Gasteiger charge is -2.23. The Morgan fingerprint density at radius 2 is 2.15 bits per heavy atom. The summed E-state index contributed by atoms with van der Waals surface area (Å²) in [5.74, 6) is -0.109. The van der Waals surface area contributed by atoms with Gasteiger partial charge in [0.2, 0.25) is 5.91 Å². The molecule has 0 spiro atoms. The van der Waals surface area contributed by atoms with E-state index in [1.807, 2.05) is 13.2 Å². The number of aliphatic hydroxyl groups is 1. The molecule has 1 rings (SSSR count). The Hall–Kier alpha value is -1.07. The Balaban J connectivity index is 2.49. The summed E-state index contributed by atoms with van der Waals surface area (Å²) in [6, 6.07) is 6.48. The molecule has 0 aliphatic carbocycles. The molecule has 1 amide bonds. The molecular formula is C15H22FNO2S. The molecule has 0 saturated heterocycles. The van der Waals surface area contributed by atoms with Crippen LogP contribution < -0.4 is 5.32 Å². The fourth-order valence-electron chi connectivity index (χ4n) is 1.99. The highest BCUT2D eigenvalue weighted by Crippen LogP contribution is 2.21. The van der Waals surface area contributed by atoms with Crippen molar-refractivity contribution < 1.29 is 14.3 Å². The molecule has 0 aliphatic heterocycles. The molecule has 2 atom stereocenters. The number of carbonyl (C=O) groups is 1. The van der Waals surface area contributed by atoms with Crippen molar-refractivity contribution in [3.05, 3.63) is 35.6 Å². The third-order valence-electron chi connectivity index (χ3n) is 3.05. The lowest BCUT2D eigenvalue weighted by molar-refractivity contribution is -0.122. The van der Waals surface area contributed by atoms with Gasteiger partial charge in [0.1, 0.15) is 5.82 Å². The van der Waals surface area contributed by atoms with Gasteiger partial charge in [-0.05, 0) is 30.7 Å². The maximum atomic E-state index is 13.6. The second-order valence-corrected chi connectivity index (χ2v) is 6.20. The largest absolute Gasteiger partial charge is 0.387 e. The number of thioether (sulfide) groups is 1. The molecule has 0 aromatic heterocycles. The molecule has 0 radical (unpaired) electrons. The maximum absolute atomic E-state index is 13.6. The van der Waals surface area contributed by atoms with Crippen molar-refractivity contribution in [2.24, 2.45) is 0 Å². The maximum Gasteiger partial charge on any atom is 0.220 e. The minimum absolute atomic E-state index is 0.179. The van der Waals surface area contributed by atoms with Gasteiger partial charge in [-0.1, -0.05) is 25.1 Å². The van der Waals surface area contributed by atoms with Gasteiger partial charge in [0.05, 0.1) is 5.60 Å². The van der Waals surface area contributed by atoms with Gasteiger partial charge in [-0.2, -0.15) is 11.8 Å². The van der Waals surface area contributed by atoms with E-state index in [1.165, 1.54) is 17.8 Å². The zero-order valence-corrected chi connectivity index (χ0v) is 13.0. The van der Waals surface area contributed by atoms with Crippen molar-refractivity contribution in [3.63, 3.8) is 0 Å². The average molecular weight is 299 g/mol. The van der Waals surface area contributed by atoms with E-state index in [4.69, 9.17) is 0 Å². The zero-order valence-electron chi connectivity index (χ0n) is 12.1. The predicted octanol–water partition coefficient (Wildman–Crippen LogP) is 2.55. The number of hydrogen-bond donors (Lipinski definition) is 2. The number of nitrogens with one attached hydrogen (secondary N) is 1. The molecule has 5 heteroatoms. The summed E-state index contributed by atoms with van der Waals surface area (Å²) in [5.41, 5.74) is -0.380.